The van der Waals surface area contributed by atoms with Crippen molar-refractivity contribution in [1.29, 1.82) is 0 Å². The Morgan fingerprint density at radius 3 is 2.79 bits per heavy atom. The van der Waals surface area contributed by atoms with E-state index in [-0.39, 0.29) is 5.91 Å². The van der Waals surface area contributed by atoms with Crippen molar-refractivity contribution in [3.8, 4) is 0 Å². The molecule has 0 heterocycles. The Labute approximate surface area is 119 Å². The Hall–Kier alpha value is -0.960. The quantitative estimate of drug-likeness (QED) is 0.854. The van der Waals surface area contributed by atoms with Gasteiger partial charge < -0.3 is 5.32 Å². The van der Waals surface area contributed by atoms with E-state index in [0.717, 1.165) is 12.8 Å². The van der Waals surface area contributed by atoms with Gasteiger partial charge in [-0.1, -0.05) is 18.9 Å². The van der Waals surface area contributed by atoms with Gasteiger partial charge in [0.05, 0.1) is 5.75 Å². The Morgan fingerprint density at radius 1 is 1.16 bits per heavy atom. The van der Waals surface area contributed by atoms with Gasteiger partial charge in [-0.2, -0.15) is 0 Å². The molecule has 1 N–H and O–H groups in total. The van der Waals surface area contributed by atoms with Crippen molar-refractivity contribution < 1.29 is 4.79 Å². The second kappa shape index (κ2) is 6.00. The molecule has 1 fully saturated rings. The van der Waals surface area contributed by atoms with Crippen LogP contribution in [0.1, 0.15) is 43.2 Å². The average Bonchev–Trinajstić information content (AvgIpc) is 3.06. The number of nitrogens with one attached hydrogen (secondary N) is 1. The lowest BCUT2D eigenvalue weighted by Crippen LogP contribution is -2.33. The predicted molar refractivity (Wildman–Crippen MR) is 79.6 cm³/mol. The van der Waals surface area contributed by atoms with E-state index in [2.05, 4.69) is 23.5 Å². The first kappa shape index (κ1) is 13.0. The molecule has 1 saturated carbocycles. The van der Waals surface area contributed by atoms with Crippen LogP contribution in [0.3, 0.4) is 0 Å². The van der Waals surface area contributed by atoms with E-state index in [1.165, 1.54) is 48.1 Å². The van der Waals surface area contributed by atoms with Gasteiger partial charge in [0.2, 0.25) is 5.91 Å². The van der Waals surface area contributed by atoms with Crippen LogP contribution in [0.2, 0.25) is 0 Å². The van der Waals surface area contributed by atoms with E-state index in [9.17, 15) is 4.79 Å². The lowest BCUT2D eigenvalue weighted by Gasteiger charge is -2.11. The Balaban J connectivity index is 1.50. The molecule has 0 radical (unpaired) electrons. The molecular weight excluding hydrogens is 254 g/mol. The van der Waals surface area contributed by atoms with Crippen LogP contribution in [0.5, 0.6) is 0 Å². The molecule has 0 saturated heterocycles. The number of benzene rings is 1. The Kier molecular flexibility index (Phi) is 4.12. The number of amides is 1. The maximum absolute atomic E-state index is 11.9. The number of fused-ring (bicyclic) bond motifs is 1. The summed E-state index contributed by atoms with van der Waals surface area (Å²) < 4.78 is 0. The summed E-state index contributed by atoms with van der Waals surface area (Å²) in [5.41, 5.74) is 2.99. The van der Waals surface area contributed by atoms with Crippen molar-refractivity contribution in [2.45, 2.75) is 55.9 Å². The zero-order chi connectivity index (χ0) is 13.1. The molecule has 0 aromatic heterocycles. The molecule has 0 unspecified atom stereocenters. The molecule has 2 aliphatic carbocycles. The summed E-state index contributed by atoms with van der Waals surface area (Å²) in [6, 6.07) is 7.11. The van der Waals surface area contributed by atoms with E-state index in [0.29, 0.717) is 11.8 Å². The van der Waals surface area contributed by atoms with Crippen molar-refractivity contribution in [1.82, 2.24) is 5.32 Å². The van der Waals surface area contributed by atoms with Gasteiger partial charge in [0.25, 0.3) is 0 Å². The van der Waals surface area contributed by atoms with E-state index < -0.39 is 0 Å². The first-order valence-corrected chi connectivity index (χ1v) is 8.34. The van der Waals surface area contributed by atoms with Crippen LogP contribution in [0.4, 0.5) is 0 Å². The number of carbonyl (C=O) groups is 1. The molecule has 0 bridgehead atoms. The fourth-order valence-corrected chi connectivity index (χ4v) is 3.90. The van der Waals surface area contributed by atoms with Crippen LogP contribution >= 0.6 is 11.8 Å². The van der Waals surface area contributed by atoms with Gasteiger partial charge in [-0.3, -0.25) is 4.79 Å². The highest BCUT2D eigenvalue weighted by atomic mass is 32.2. The molecule has 2 nitrogen and oxygen atoms in total. The zero-order valence-electron chi connectivity index (χ0n) is 11.3. The molecule has 3 heteroatoms. The number of carbonyl (C=O) groups excluding carboxylic acids is 1. The van der Waals surface area contributed by atoms with Gasteiger partial charge in [0, 0.05) is 10.9 Å². The van der Waals surface area contributed by atoms with Crippen molar-refractivity contribution >= 4 is 17.7 Å². The minimum atomic E-state index is 0.192. The van der Waals surface area contributed by atoms with Crippen LogP contribution in [0.25, 0.3) is 0 Å². The SMILES string of the molecule is O=C(CSc1ccc2c(c1)CCC2)NC1CCCC1. The highest BCUT2D eigenvalue weighted by Crippen LogP contribution is 2.27. The summed E-state index contributed by atoms with van der Waals surface area (Å²) in [7, 11) is 0. The Bertz CT molecular complexity index is 466. The molecule has 0 atom stereocenters. The van der Waals surface area contributed by atoms with Gasteiger partial charge in [-0.05, 0) is 55.4 Å². The molecule has 1 amide bonds. The van der Waals surface area contributed by atoms with Crippen LogP contribution < -0.4 is 5.32 Å². The number of hydrogen-bond acceptors (Lipinski definition) is 2. The lowest BCUT2D eigenvalue weighted by molar-refractivity contribution is -0.119. The summed E-state index contributed by atoms with van der Waals surface area (Å²) in [6.45, 7) is 0. The van der Waals surface area contributed by atoms with E-state index in [1.807, 2.05) is 0 Å². The molecule has 0 aliphatic heterocycles. The summed E-state index contributed by atoms with van der Waals surface area (Å²) >= 11 is 1.67. The van der Waals surface area contributed by atoms with E-state index in [1.54, 1.807) is 11.8 Å². The molecule has 1 aromatic carbocycles. The van der Waals surface area contributed by atoms with Gasteiger partial charge in [0.15, 0.2) is 0 Å². The number of thioether (sulfide) groups is 1. The maximum atomic E-state index is 11.9. The molecular formula is C16H21NOS. The first-order chi connectivity index (χ1) is 9.31. The van der Waals surface area contributed by atoms with Crippen molar-refractivity contribution in [3.05, 3.63) is 29.3 Å². The van der Waals surface area contributed by atoms with Crippen LogP contribution in [0.15, 0.2) is 23.1 Å². The first-order valence-electron chi connectivity index (χ1n) is 7.35. The van der Waals surface area contributed by atoms with Gasteiger partial charge in [-0.25, -0.2) is 0 Å². The third-order valence-electron chi connectivity index (χ3n) is 4.16. The Morgan fingerprint density at radius 2 is 1.95 bits per heavy atom. The average molecular weight is 275 g/mol. The molecule has 0 spiro atoms. The number of aryl methyl sites for hydroxylation is 2. The van der Waals surface area contributed by atoms with Gasteiger partial charge >= 0.3 is 0 Å². The van der Waals surface area contributed by atoms with E-state index >= 15 is 0 Å². The number of rotatable bonds is 4. The van der Waals surface area contributed by atoms with Gasteiger partial charge in [-0.15, -0.1) is 11.8 Å². The van der Waals surface area contributed by atoms with Gasteiger partial charge in [0.1, 0.15) is 0 Å². The van der Waals surface area contributed by atoms with Crippen LogP contribution in [-0.4, -0.2) is 17.7 Å². The highest BCUT2D eigenvalue weighted by Gasteiger charge is 2.17. The van der Waals surface area contributed by atoms with Crippen molar-refractivity contribution in [2.24, 2.45) is 0 Å². The molecule has 1 aromatic rings. The smallest absolute Gasteiger partial charge is 0.230 e. The number of hydrogen-bond donors (Lipinski definition) is 1. The minimum Gasteiger partial charge on any atom is -0.353 e. The molecule has 102 valence electrons. The monoisotopic (exact) mass is 275 g/mol. The zero-order valence-corrected chi connectivity index (χ0v) is 12.1. The van der Waals surface area contributed by atoms with Crippen molar-refractivity contribution in [2.75, 3.05) is 5.75 Å². The second-order valence-electron chi connectivity index (χ2n) is 5.62. The summed E-state index contributed by atoms with van der Waals surface area (Å²) in [4.78, 5) is 13.1. The lowest BCUT2D eigenvalue weighted by atomic mass is 10.1. The largest absolute Gasteiger partial charge is 0.353 e. The minimum absolute atomic E-state index is 0.192. The summed E-state index contributed by atoms with van der Waals surface area (Å²) in [6.07, 6.45) is 8.57. The fourth-order valence-electron chi connectivity index (χ4n) is 3.13. The molecule has 3 rings (SSSR count). The molecule has 2 aliphatic rings. The third kappa shape index (κ3) is 3.33. The standard InChI is InChI=1S/C16H21NOS/c18-16(17-14-6-1-2-7-14)11-19-15-9-8-12-4-3-5-13(12)10-15/h8-10,14H,1-7,11H2,(H,17,18). The normalized spacial score (nSPS) is 18.5. The second-order valence-corrected chi connectivity index (χ2v) is 6.67. The third-order valence-corrected chi connectivity index (χ3v) is 5.15. The maximum Gasteiger partial charge on any atom is 0.230 e. The van der Waals surface area contributed by atoms with Crippen LogP contribution in [-0.2, 0) is 17.6 Å². The highest BCUT2D eigenvalue weighted by molar-refractivity contribution is 8.00. The predicted octanol–water partition coefficient (Wildman–Crippen LogP) is 3.33. The topological polar surface area (TPSA) is 29.1 Å². The molecule has 19 heavy (non-hydrogen) atoms. The summed E-state index contributed by atoms with van der Waals surface area (Å²) in [5.74, 6) is 0.743. The van der Waals surface area contributed by atoms with Crippen molar-refractivity contribution in [3.63, 3.8) is 0 Å². The summed E-state index contributed by atoms with van der Waals surface area (Å²) in [5, 5.41) is 3.14. The van der Waals surface area contributed by atoms with Crippen LogP contribution in [0, 0.1) is 0 Å². The van der Waals surface area contributed by atoms with E-state index in [4.69, 9.17) is 0 Å². The fraction of sp³-hybridized carbons (Fsp3) is 0.562.